The lowest BCUT2D eigenvalue weighted by Gasteiger charge is -2.39. The summed E-state index contributed by atoms with van der Waals surface area (Å²) in [6, 6.07) is 24.7. The van der Waals surface area contributed by atoms with E-state index in [0.717, 1.165) is 34.9 Å². The number of nitrogens with two attached hydrogens (primary N) is 2. The first kappa shape index (κ1) is 20.6. The summed E-state index contributed by atoms with van der Waals surface area (Å²) in [5, 5.41) is 0. The molecule has 1 aliphatic carbocycles. The highest BCUT2D eigenvalue weighted by atomic mass is 15.2. The molecule has 0 heterocycles. The molecule has 0 amide bonds. The van der Waals surface area contributed by atoms with Gasteiger partial charge in [0.25, 0.3) is 0 Å². The lowest BCUT2D eigenvalue weighted by molar-refractivity contribution is 0.550. The minimum Gasteiger partial charge on any atom is -0.399 e. The Kier molecular flexibility index (Phi) is 5.47. The van der Waals surface area contributed by atoms with Gasteiger partial charge in [-0.05, 0) is 85.1 Å². The Hall–Kier alpha value is -3.66. The van der Waals surface area contributed by atoms with E-state index in [4.69, 9.17) is 11.5 Å². The number of anilines is 5. The second-order valence-corrected chi connectivity index (χ2v) is 8.40. The molecule has 0 bridgehead atoms. The molecule has 0 radical (unpaired) electrons. The topological polar surface area (TPSA) is 58.5 Å². The molecule has 0 aromatic heterocycles. The third-order valence-corrected chi connectivity index (χ3v) is 6.27. The third-order valence-electron chi connectivity index (χ3n) is 6.27. The molecule has 0 saturated carbocycles. The second kappa shape index (κ2) is 8.23. The second-order valence-electron chi connectivity index (χ2n) is 8.40. The van der Waals surface area contributed by atoms with E-state index in [0.29, 0.717) is 0 Å². The molecule has 31 heavy (non-hydrogen) atoms. The number of hydrogen-bond donors (Lipinski definition) is 2. The fourth-order valence-electron chi connectivity index (χ4n) is 3.90. The van der Waals surface area contributed by atoms with Crippen LogP contribution < -0.4 is 21.3 Å². The van der Waals surface area contributed by atoms with Gasteiger partial charge in [0, 0.05) is 42.5 Å². The highest BCUT2D eigenvalue weighted by molar-refractivity contribution is 5.77. The zero-order chi connectivity index (χ0) is 22.0. The standard InChI is InChI=1S/C27H30N4/c1-27(31(3)26-14-8-23(29)9-15-26)18-16-21(17-19-27)20-4-10-24(11-5-20)30(2)25-12-6-22(28)7-13-25/h4-18H,19,28-29H2,1-3H3. The summed E-state index contributed by atoms with van der Waals surface area (Å²) in [6.07, 6.45) is 7.79. The van der Waals surface area contributed by atoms with Crippen molar-refractivity contribution in [3.8, 4) is 0 Å². The molecule has 3 aromatic rings. The van der Waals surface area contributed by atoms with E-state index < -0.39 is 0 Å². The van der Waals surface area contributed by atoms with Crippen LogP contribution in [0.15, 0.2) is 91.0 Å². The fourth-order valence-corrected chi connectivity index (χ4v) is 3.90. The third kappa shape index (κ3) is 4.29. The molecule has 4 heteroatoms. The van der Waals surface area contributed by atoms with Crippen LogP contribution in [-0.4, -0.2) is 19.6 Å². The van der Waals surface area contributed by atoms with Gasteiger partial charge in [-0.15, -0.1) is 0 Å². The van der Waals surface area contributed by atoms with Crippen LogP contribution in [0.25, 0.3) is 5.57 Å². The maximum absolute atomic E-state index is 5.84. The van der Waals surface area contributed by atoms with Gasteiger partial charge in [-0.1, -0.05) is 30.4 Å². The van der Waals surface area contributed by atoms with Crippen molar-refractivity contribution in [3.63, 3.8) is 0 Å². The van der Waals surface area contributed by atoms with Crippen LogP contribution in [0.3, 0.4) is 0 Å². The highest BCUT2D eigenvalue weighted by Crippen LogP contribution is 2.34. The van der Waals surface area contributed by atoms with Crippen molar-refractivity contribution < 1.29 is 0 Å². The zero-order valence-electron chi connectivity index (χ0n) is 18.4. The number of nitrogen functional groups attached to an aromatic ring is 2. The van der Waals surface area contributed by atoms with Crippen LogP contribution in [0.4, 0.5) is 28.4 Å². The molecular weight excluding hydrogens is 380 g/mol. The molecule has 0 aliphatic heterocycles. The molecule has 1 aliphatic rings. The van der Waals surface area contributed by atoms with Gasteiger partial charge in [0.15, 0.2) is 0 Å². The SMILES string of the molecule is CN(c1ccc(N)cc1)c1ccc(C2=CCC(C)(N(C)c3ccc(N)cc3)C=C2)cc1. The van der Waals surface area contributed by atoms with Crippen molar-refractivity contribution in [2.75, 3.05) is 35.4 Å². The van der Waals surface area contributed by atoms with Gasteiger partial charge in [0.2, 0.25) is 0 Å². The summed E-state index contributed by atoms with van der Waals surface area (Å²) in [7, 11) is 4.20. The number of nitrogens with zero attached hydrogens (tertiary/aromatic N) is 2. The van der Waals surface area contributed by atoms with Crippen molar-refractivity contribution in [3.05, 3.63) is 96.6 Å². The lowest BCUT2D eigenvalue weighted by atomic mass is 9.86. The van der Waals surface area contributed by atoms with Gasteiger partial charge < -0.3 is 21.3 Å². The quantitative estimate of drug-likeness (QED) is 0.518. The van der Waals surface area contributed by atoms with Crippen LogP contribution >= 0.6 is 0 Å². The first-order valence-electron chi connectivity index (χ1n) is 10.5. The molecule has 4 N–H and O–H groups in total. The maximum Gasteiger partial charge on any atom is 0.0591 e. The predicted molar refractivity (Wildman–Crippen MR) is 135 cm³/mol. The van der Waals surface area contributed by atoms with E-state index in [1.54, 1.807) is 0 Å². The Morgan fingerprint density at radius 3 is 1.68 bits per heavy atom. The fraction of sp³-hybridized carbons (Fsp3) is 0.185. The van der Waals surface area contributed by atoms with E-state index in [1.165, 1.54) is 11.1 Å². The number of benzene rings is 3. The molecule has 3 aromatic carbocycles. The minimum absolute atomic E-state index is 0.0745. The molecule has 1 atom stereocenters. The first-order valence-corrected chi connectivity index (χ1v) is 10.5. The average Bonchev–Trinajstić information content (AvgIpc) is 2.80. The van der Waals surface area contributed by atoms with Gasteiger partial charge in [0.05, 0.1) is 5.54 Å². The smallest absolute Gasteiger partial charge is 0.0591 e. The molecule has 0 saturated heterocycles. The Morgan fingerprint density at radius 1 is 0.710 bits per heavy atom. The van der Waals surface area contributed by atoms with Crippen molar-refractivity contribution in [1.82, 2.24) is 0 Å². The van der Waals surface area contributed by atoms with Crippen molar-refractivity contribution in [2.24, 2.45) is 0 Å². The summed E-state index contributed by atoms with van der Waals surface area (Å²) < 4.78 is 0. The normalized spacial score (nSPS) is 17.8. The van der Waals surface area contributed by atoms with Gasteiger partial charge in [-0.2, -0.15) is 0 Å². The average molecular weight is 411 g/mol. The zero-order valence-corrected chi connectivity index (χ0v) is 18.4. The Bertz CT molecular complexity index is 1100. The van der Waals surface area contributed by atoms with E-state index in [2.05, 4.69) is 85.4 Å². The predicted octanol–water partition coefficient (Wildman–Crippen LogP) is 5.86. The van der Waals surface area contributed by atoms with E-state index in [-0.39, 0.29) is 5.54 Å². The van der Waals surface area contributed by atoms with Crippen LogP contribution in [0.5, 0.6) is 0 Å². The summed E-state index contributed by atoms with van der Waals surface area (Å²) in [5.74, 6) is 0. The Balaban J connectivity index is 1.47. The Labute approximate surface area is 185 Å². The number of rotatable bonds is 5. The largest absolute Gasteiger partial charge is 0.399 e. The van der Waals surface area contributed by atoms with Crippen LogP contribution in [0.2, 0.25) is 0 Å². The number of allylic oxidation sites excluding steroid dienone is 2. The molecule has 0 spiro atoms. The molecule has 4 nitrogen and oxygen atoms in total. The summed E-state index contributed by atoms with van der Waals surface area (Å²) in [4.78, 5) is 4.47. The molecular formula is C27H30N4. The molecule has 158 valence electrons. The maximum atomic E-state index is 5.84. The van der Waals surface area contributed by atoms with E-state index >= 15 is 0 Å². The lowest BCUT2D eigenvalue weighted by Crippen LogP contribution is -2.42. The van der Waals surface area contributed by atoms with Gasteiger partial charge >= 0.3 is 0 Å². The molecule has 0 fully saturated rings. The van der Waals surface area contributed by atoms with Crippen molar-refractivity contribution >= 4 is 34.0 Å². The molecule has 1 unspecified atom stereocenters. The molecule has 4 rings (SSSR count). The minimum atomic E-state index is -0.0745. The number of likely N-dealkylation sites (N-methyl/N-ethyl adjacent to an activating group) is 1. The van der Waals surface area contributed by atoms with Gasteiger partial charge in [0.1, 0.15) is 0 Å². The van der Waals surface area contributed by atoms with Gasteiger partial charge in [-0.25, -0.2) is 0 Å². The van der Waals surface area contributed by atoms with Gasteiger partial charge in [-0.3, -0.25) is 0 Å². The van der Waals surface area contributed by atoms with Crippen molar-refractivity contribution in [2.45, 2.75) is 18.9 Å². The number of hydrogen-bond acceptors (Lipinski definition) is 4. The van der Waals surface area contributed by atoms with E-state index in [9.17, 15) is 0 Å². The highest BCUT2D eigenvalue weighted by Gasteiger charge is 2.28. The van der Waals surface area contributed by atoms with E-state index in [1.807, 2.05) is 36.4 Å². The monoisotopic (exact) mass is 410 g/mol. The Morgan fingerprint density at radius 2 is 1.19 bits per heavy atom. The first-order chi connectivity index (χ1) is 14.9. The summed E-state index contributed by atoms with van der Waals surface area (Å²) >= 11 is 0. The van der Waals surface area contributed by atoms with Crippen LogP contribution in [0, 0.1) is 0 Å². The summed E-state index contributed by atoms with van der Waals surface area (Å²) in [6.45, 7) is 2.26. The van der Waals surface area contributed by atoms with Crippen LogP contribution in [0.1, 0.15) is 18.9 Å². The summed E-state index contributed by atoms with van der Waals surface area (Å²) in [5.41, 5.74) is 19.0. The van der Waals surface area contributed by atoms with Crippen LogP contribution in [-0.2, 0) is 0 Å². The van der Waals surface area contributed by atoms with Crippen molar-refractivity contribution in [1.29, 1.82) is 0 Å².